The molecule has 5 rings (SSSR count). The third kappa shape index (κ3) is 3.26. The molecule has 1 amide bonds. The summed E-state index contributed by atoms with van der Waals surface area (Å²) in [7, 11) is 1.44. The van der Waals surface area contributed by atoms with E-state index in [0.717, 1.165) is 11.1 Å². The zero-order valence-electron chi connectivity index (χ0n) is 18.2. The van der Waals surface area contributed by atoms with E-state index in [1.165, 1.54) is 18.1 Å². The molecule has 7 heteroatoms. The Morgan fingerprint density at radius 2 is 1.82 bits per heavy atom. The molecule has 0 spiro atoms. The summed E-state index contributed by atoms with van der Waals surface area (Å²) in [4.78, 5) is 28.8. The fourth-order valence-corrected chi connectivity index (χ4v) is 4.44. The van der Waals surface area contributed by atoms with Gasteiger partial charge in [-0.25, -0.2) is 0 Å². The average molecular weight is 462 g/mol. The van der Waals surface area contributed by atoms with Gasteiger partial charge >= 0.3 is 0 Å². The maximum atomic E-state index is 13.7. The van der Waals surface area contributed by atoms with Crippen molar-refractivity contribution in [1.29, 1.82) is 0 Å². The molecular formula is C26H20ClNO5. The molecule has 1 aliphatic rings. The van der Waals surface area contributed by atoms with Gasteiger partial charge in [-0.2, -0.15) is 0 Å². The largest absolute Gasteiger partial charge is 0.504 e. The van der Waals surface area contributed by atoms with E-state index < -0.39 is 11.9 Å². The second-order valence-electron chi connectivity index (χ2n) is 8.12. The Hall–Kier alpha value is -3.77. The molecule has 0 fully saturated rings. The Kier molecular flexibility index (Phi) is 4.91. The molecule has 0 saturated carbocycles. The normalized spacial score (nSPS) is 15.2. The molecule has 4 aromatic rings. The molecule has 3 aromatic carbocycles. The number of hydrogen-bond acceptors (Lipinski definition) is 5. The van der Waals surface area contributed by atoms with Crippen LogP contribution in [-0.4, -0.2) is 18.1 Å². The highest BCUT2D eigenvalue weighted by Crippen LogP contribution is 2.43. The summed E-state index contributed by atoms with van der Waals surface area (Å²) in [5.41, 5.74) is 3.20. The first kappa shape index (κ1) is 21.1. The predicted octanol–water partition coefficient (Wildman–Crippen LogP) is 5.53. The summed E-state index contributed by atoms with van der Waals surface area (Å²) in [5, 5.41) is 11.0. The number of halogens is 1. The summed E-state index contributed by atoms with van der Waals surface area (Å²) in [5.74, 6) is -0.264. The Labute approximate surface area is 194 Å². The third-order valence-corrected chi connectivity index (χ3v) is 6.39. The number of phenolic OH excluding ortho intramolecular Hbond substituents is 1. The van der Waals surface area contributed by atoms with Crippen LogP contribution in [0.4, 0.5) is 5.69 Å². The monoisotopic (exact) mass is 461 g/mol. The number of aromatic hydroxyl groups is 1. The number of nitrogens with zero attached hydrogens (tertiary/aromatic N) is 1. The van der Waals surface area contributed by atoms with E-state index in [1.807, 2.05) is 26.0 Å². The van der Waals surface area contributed by atoms with Gasteiger partial charge in [0.05, 0.1) is 24.1 Å². The number of anilines is 1. The number of rotatable bonds is 3. The minimum absolute atomic E-state index is 0.00917. The summed E-state index contributed by atoms with van der Waals surface area (Å²) < 4.78 is 11.3. The number of phenols is 1. The number of amides is 1. The van der Waals surface area contributed by atoms with Crippen LogP contribution in [0.2, 0.25) is 5.02 Å². The number of aryl methyl sites for hydroxylation is 2. The molecule has 1 aromatic heterocycles. The fourth-order valence-electron chi connectivity index (χ4n) is 4.26. The van der Waals surface area contributed by atoms with Crippen LogP contribution in [0.5, 0.6) is 11.5 Å². The first-order chi connectivity index (χ1) is 15.8. The van der Waals surface area contributed by atoms with E-state index in [1.54, 1.807) is 36.4 Å². The lowest BCUT2D eigenvalue weighted by atomic mass is 9.97. The fraction of sp³-hybridized carbons (Fsp3) is 0.154. The van der Waals surface area contributed by atoms with Crippen molar-refractivity contribution >= 4 is 34.2 Å². The highest BCUT2D eigenvalue weighted by Gasteiger charge is 2.44. The first-order valence-electron chi connectivity index (χ1n) is 10.3. The average Bonchev–Trinajstić information content (AvgIpc) is 3.09. The van der Waals surface area contributed by atoms with Gasteiger partial charge in [0, 0.05) is 10.7 Å². The molecule has 33 heavy (non-hydrogen) atoms. The van der Waals surface area contributed by atoms with Crippen LogP contribution >= 0.6 is 11.6 Å². The highest BCUT2D eigenvalue weighted by atomic mass is 35.5. The van der Waals surface area contributed by atoms with Crippen molar-refractivity contribution in [2.24, 2.45) is 0 Å². The van der Waals surface area contributed by atoms with Crippen LogP contribution in [0.1, 0.15) is 38.9 Å². The maximum Gasteiger partial charge on any atom is 0.295 e. The summed E-state index contributed by atoms with van der Waals surface area (Å²) in [6.45, 7) is 3.76. The van der Waals surface area contributed by atoms with Gasteiger partial charge in [0.2, 0.25) is 5.76 Å². The van der Waals surface area contributed by atoms with Gasteiger partial charge in [-0.15, -0.1) is 0 Å². The number of ether oxygens (including phenoxy) is 1. The van der Waals surface area contributed by atoms with Gasteiger partial charge in [0.25, 0.3) is 5.91 Å². The van der Waals surface area contributed by atoms with Gasteiger partial charge in [-0.05, 0) is 61.4 Å². The number of carbonyl (C=O) groups excluding carboxylic acids is 1. The standard InChI is InChI=1S/C26H20ClNO5/c1-13-4-9-20-17(10-13)24(30)22-23(15-6-8-19(29)21(11-15)32-3)28(26(31)25(22)33-20)16-7-5-14(2)18(27)12-16/h4-12,23,29H,1-3H3. The summed E-state index contributed by atoms with van der Waals surface area (Å²) >= 11 is 6.37. The van der Waals surface area contributed by atoms with Crippen LogP contribution in [0.25, 0.3) is 11.0 Å². The Balaban J connectivity index is 1.83. The lowest BCUT2D eigenvalue weighted by molar-refractivity contribution is 0.0971. The van der Waals surface area contributed by atoms with Crippen LogP contribution in [0.15, 0.2) is 63.8 Å². The summed E-state index contributed by atoms with van der Waals surface area (Å²) in [6.07, 6.45) is 0. The molecular weight excluding hydrogens is 442 g/mol. The SMILES string of the molecule is COc1cc(C2c3c(oc4ccc(C)cc4c3=O)C(=O)N2c2ccc(C)c(Cl)c2)ccc1O. The number of fused-ring (bicyclic) bond motifs is 2. The van der Waals surface area contributed by atoms with Crippen molar-refractivity contribution in [1.82, 2.24) is 0 Å². The number of carbonyl (C=O) groups is 1. The third-order valence-electron chi connectivity index (χ3n) is 5.98. The Bertz CT molecular complexity index is 1510. The molecule has 1 atom stereocenters. The van der Waals surface area contributed by atoms with E-state index in [0.29, 0.717) is 27.2 Å². The van der Waals surface area contributed by atoms with E-state index in [-0.39, 0.29) is 28.3 Å². The van der Waals surface area contributed by atoms with Crippen molar-refractivity contribution in [2.45, 2.75) is 19.9 Å². The number of methoxy groups -OCH3 is 1. The molecule has 0 saturated heterocycles. The minimum Gasteiger partial charge on any atom is -0.504 e. The van der Waals surface area contributed by atoms with Crippen LogP contribution in [0, 0.1) is 13.8 Å². The van der Waals surface area contributed by atoms with E-state index in [4.69, 9.17) is 20.8 Å². The predicted molar refractivity (Wildman–Crippen MR) is 127 cm³/mol. The Morgan fingerprint density at radius 3 is 2.55 bits per heavy atom. The highest BCUT2D eigenvalue weighted by molar-refractivity contribution is 6.31. The van der Waals surface area contributed by atoms with Crippen LogP contribution < -0.4 is 15.1 Å². The zero-order valence-corrected chi connectivity index (χ0v) is 18.9. The molecule has 0 bridgehead atoms. The van der Waals surface area contributed by atoms with Gasteiger partial charge in [0.1, 0.15) is 5.58 Å². The number of benzene rings is 3. The molecule has 0 radical (unpaired) electrons. The lowest BCUT2D eigenvalue weighted by Crippen LogP contribution is -2.29. The quantitative estimate of drug-likeness (QED) is 0.434. The maximum absolute atomic E-state index is 13.7. The Morgan fingerprint density at radius 1 is 1.03 bits per heavy atom. The topological polar surface area (TPSA) is 80.0 Å². The van der Waals surface area contributed by atoms with Gasteiger partial charge < -0.3 is 14.3 Å². The second kappa shape index (κ2) is 7.67. The van der Waals surface area contributed by atoms with E-state index >= 15 is 0 Å². The second-order valence-corrected chi connectivity index (χ2v) is 8.52. The van der Waals surface area contributed by atoms with Crippen LogP contribution in [-0.2, 0) is 0 Å². The molecule has 0 aliphatic carbocycles. The van der Waals surface area contributed by atoms with Crippen molar-refractivity contribution in [3.63, 3.8) is 0 Å². The molecule has 1 aliphatic heterocycles. The van der Waals surface area contributed by atoms with Gasteiger partial charge in [-0.3, -0.25) is 14.5 Å². The summed E-state index contributed by atoms with van der Waals surface area (Å²) in [6, 6.07) is 14.5. The van der Waals surface area contributed by atoms with E-state index in [2.05, 4.69) is 0 Å². The molecule has 1 unspecified atom stereocenters. The van der Waals surface area contributed by atoms with Gasteiger partial charge in [0.15, 0.2) is 16.9 Å². The zero-order chi connectivity index (χ0) is 23.4. The molecule has 2 heterocycles. The number of hydrogen-bond donors (Lipinski definition) is 1. The first-order valence-corrected chi connectivity index (χ1v) is 10.7. The van der Waals surface area contributed by atoms with Crippen molar-refractivity contribution in [3.8, 4) is 11.5 Å². The van der Waals surface area contributed by atoms with Crippen molar-refractivity contribution in [3.05, 3.63) is 97.9 Å². The molecule has 1 N–H and O–H groups in total. The van der Waals surface area contributed by atoms with Crippen molar-refractivity contribution < 1.29 is 19.1 Å². The lowest BCUT2D eigenvalue weighted by Gasteiger charge is -2.26. The molecule has 6 nitrogen and oxygen atoms in total. The smallest absolute Gasteiger partial charge is 0.295 e. The van der Waals surface area contributed by atoms with Crippen molar-refractivity contribution in [2.75, 3.05) is 12.0 Å². The van der Waals surface area contributed by atoms with Gasteiger partial charge in [-0.1, -0.05) is 35.4 Å². The minimum atomic E-state index is -0.790. The van der Waals surface area contributed by atoms with E-state index in [9.17, 15) is 14.7 Å². The molecule has 166 valence electrons. The van der Waals surface area contributed by atoms with Crippen LogP contribution in [0.3, 0.4) is 0 Å².